The molecule has 0 spiro atoms. The molecule has 6 heteroatoms. The number of benzene rings is 3. The maximum atomic E-state index is 14.2. The molecule has 0 saturated heterocycles. The monoisotopic (exact) mass is 395 g/mol. The molecule has 0 aliphatic rings. The average molecular weight is 395 g/mol. The Labute approximate surface area is 172 Å². The van der Waals surface area contributed by atoms with Gasteiger partial charge < -0.3 is 4.48 Å². The lowest BCUT2D eigenvalue weighted by Gasteiger charge is -2.14. The molecule has 0 fully saturated rings. The van der Waals surface area contributed by atoms with Gasteiger partial charge in [0.15, 0.2) is 5.82 Å². The maximum absolute atomic E-state index is 14.2. The molecule has 0 aliphatic heterocycles. The highest BCUT2D eigenvalue weighted by atomic mass is 19.2. The van der Waals surface area contributed by atoms with Gasteiger partial charge in [0.1, 0.15) is 5.49 Å². The molecule has 0 unspecified atom stereocenters. The number of halogens is 2. The quantitative estimate of drug-likeness (QED) is 0.352. The SMILES string of the molecule is FB(F)n1c(=Nc2nccc3ccccc23)cc(-c2ccccc2)c2ccccc21. The maximum Gasteiger partial charge on any atom is 0.679 e. The van der Waals surface area contributed by atoms with Crippen LogP contribution in [0.2, 0.25) is 0 Å². The van der Waals surface area contributed by atoms with Gasteiger partial charge in [-0.3, -0.25) is 8.63 Å². The smallest absolute Gasteiger partial charge is 0.310 e. The summed E-state index contributed by atoms with van der Waals surface area (Å²) in [6.45, 7) is 0. The molecule has 0 radical (unpaired) electrons. The summed E-state index contributed by atoms with van der Waals surface area (Å²) in [5, 5.41) is 2.52. The third kappa shape index (κ3) is 3.16. The number of nitrogens with zero attached hydrogens (tertiary/aromatic N) is 3. The van der Waals surface area contributed by atoms with Gasteiger partial charge in [-0.15, -0.1) is 0 Å². The van der Waals surface area contributed by atoms with Crippen molar-refractivity contribution in [1.82, 2.24) is 9.46 Å². The summed E-state index contributed by atoms with van der Waals surface area (Å²) in [4.78, 5) is 8.96. The summed E-state index contributed by atoms with van der Waals surface area (Å²) in [6, 6.07) is 28.2. The molecular weight excluding hydrogens is 379 g/mol. The van der Waals surface area contributed by atoms with E-state index >= 15 is 0 Å². The van der Waals surface area contributed by atoms with Crippen LogP contribution in [0.4, 0.5) is 14.4 Å². The van der Waals surface area contributed by atoms with Crippen molar-refractivity contribution < 1.29 is 8.63 Å². The van der Waals surface area contributed by atoms with Crippen LogP contribution in [-0.2, 0) is 0 Å². The van der Waals surface area contributed by atoms with Gasteiger partial charge >= 0.3 is 7.40 Å². The Kier molecular flexibility index (Phi) is 4.60. The Morgan fingerprint density at radius 2 is 1.47 bits per heavy atom. The third-order valence-electron chi connectivity index (χ3n) is 5.13. The van der Waals surface area contributed by atoms with Gasteiger partial charge in [0.25, 0.3) is 0 Å². The van der Waals surface area contributed by atoms with E-state index in [2.05, 4.69) is 9.98 Å². The number of aromatic nitrogens is 2. The van der Waals surface area contributed by atoms with Crippen LogP contribution in [-0.4, -0.2) is 16.9 Å². The first-order chi connectivity index (χ1) is 14.7. The molecule has 5 aromatic rings. The van der Waals surface area contributed by atoms with E-state index < -0.39 is 7.40 Å². The second-order valence-corrected chi connectivity index (χ2v) is 6.91. The van der Waals surface area contributed by atoms with Crippen LogP contribution in [0, 0.1) is 0 Å². The Morgan fingerprint density at radius 3 is 2.27 bits per heavy atom. The van der Waals surface area contributed by atoms with Crippen molar-refractivity contribution in [2.24, 2.45) is 4.99 Å². The van der Waals surface area contributed by atoms with Crippen LogP contribution >= 0.6 is 0 Å². The van der Waals surface area contributed by atoms with Gasteiger partial charge in [0.2, 0.25) is 0 Å². The van der Waals surface area contributed by atoms with E-state index in [4.69, 9.17) is 0 Å². The Hall–Kier alpha value is -3.80. The van der Waals surface area contributed by atoms with Crippen LogP contribution in [0.3, 0.4) is 0 Å². The van der Waals surface area contributed by atoms with Crippen molar-refractivity contribution in [2.75, 3.05) is 0 Å². The lowest BCUT2D eigenvalue weighted by molar-refractivity contribution is 0.627. The van der Waals surface area contributed by atoms with Crippen molar-refractivity contribution in [3.63, 3.8) is 0 Å². The molecule has 2 aromatic heterocycles. The Morgan fingerprint density at radius 1 is 0.767 bits per heavy atom. The van der Waals surface area contributed by atoms with Gasteiger partial charge in [0, 0.05) is 22.5 Å². The zero-order chi connectivity index (χ0) is 20.5. The topological polar surface area (TPSA) is 30.2 Å². The Bertz CT molecular complexity index is 1420. The highest BCUT2D eigenvalue weighted by molar-refractivity contribution is 6.42. The van der Waals surface area contributed by atoms with Crippen molar-refractivity contribution in [3.8, 4) is 11.1 Å². The van der Waals surface area contributed by atoms with E-state index in [1.165, 1.54) is 0 Å². The minimum atomic E-state index is -2.74. The van der Waals surface area contributed by atoms with E-state index in [-0.39, 0.29) is 5.49 Å². The number of rotatable bonds is 3. The molecule has 5 rings (SSSR count). The molecule has 2 heterocycles. The van der Waals surface area contributed by atoms with E-state index in [1.807, 2.05) is 72.8 Å². The second-order valence-electron chi connectivity index (χ2n) is 6.91. The van der Waals surface area contributed by atoms with Crippen LogP contribution in [0.5, 0.6) is 0 Å². The fourth-order valence-electron chi connectivity index (χ4n) is 3.76. The van der Waals surface area contributed by atoms with Gasteiger partial charge in [-0.1, -0.05) is 72.8 Å². The number of pyridine rings is 2. The molecule has 0 bridgehead atoms. The van der Waals surface area contributed by atoms with Crippen molar-refractivity contribution in [3.05, 3.63) is 103 Å². The lowest BCUT2D eigenvalue weighted by atomic mass is 9.99. The predicted octanol–water partition coefficient (Wildman–Crippen LogP) is 5.86. The molecule has 0 N–H and O–H groups in total. The summed E-state index contributed by atoms with van der Waals surface area (Å²) in [7, 11) is -2.74. The standard InChI is InChI=1S/C24H16BF2N3/c26-25(27)30-22-13-7-6-12-20(22)21(17-8-2-1-3-9-17)16-23(30)29-24-19-11-5-4-10-18(19)14-15-28-24/h1-16H. The second kappa shape index (κ2) is 7.56. The van der Waals surface area contributed by atoms with Gasteiger partial charge in [-0.05, 0) is 34.7 Å². The Balaban J connectivity index is 1.90. The minimum Gasteiger partial charge on any atom is -0.310 e. The molecule has 0 atom stereocenters. The molecule has 3 nitrogen and oxygen atoms in total. The van der Waals surface area contributed by atoms with E-state index in [9.17, 15) is 8.63 Å². The highest BCUT2D eigenvalue weighted by Crippen LogP contribution is 2.28. The average Bonchev–Trinajstić information content (AvgIpc) is 2.79. The van der Waals surface area contributed by atoms with Gasteiger partial charge in [-0.25, -0.2) is 9.98 Å². The van der Waals surface area contributed by atoms with Gasteiger partial charge in [-0.2, -0.15) is 0 Å². The van der Waals surface area contributed by atoms with Crippen LogP contribution in [0.25, 0.3) is 32.8 Å². The molecule has 30 heavy (non-hydrogen) atoms. The summed E-state index contributed by atoms with van der Waals surface area (Å²) in [5.74, 6) is 0.414. The van der Waals surface area contributed by atoms with Crippen LogP contribution < -0.4 is 5.49 Å². The van der Waals surface area contributed by atoms with E-state index in [0.29, 0.717) is 11.3 Å². The number of hydrogen-bond donors (Lipinski definition) is 0. The first-order valence-electron chi connectivity index (χ1n) is 9.59. The largest absolute Gasteiger partial charge is 0.679 e. The molecule has 0 amide bonds. The zero-order valence-electron chi connectivity index (χ0n) is 15.9. The van der Waals surface area contributed by atoms with Crippen molar-refractivity contribution in [2.45, 2.75) is 0 Å². The zero-order valence-corrected chi connectivity index (χ0v) is 15.9. The number of para-hydroxylation sites is 1. The van der Waals surface area contributed by atoms with Crippen molar-refractivity contribution in [1.29, 1.82) is 0 Å². The predicted molar refractivity (Wildman–Crippen MR) is 118 cm³/mol. The first-order valence-corrected chi connectivity index (χ1v) is 9.59. The lowest BCUT2D eigenvalue weighted by Crippen LogP contribution is -2.30. The highest BCUT2D eigenvalue weighted by Gasteiger charge is 2.22. The van der Waals surface area contributed by atoms with Crippen LogP contribution in [0.1, 0.15) is 0 Å². The van der Waals surface area contributed by atoms with E-state index in [0.717, 1.165) is 31.8 Å². The van der Waals surface area contributed by atoms with Crippen LogP contribution in [0.15, 0.2) is 102 Å². The fraction of sp³-hybridized carbons (Fsp3) is 0. The van der Waals surface area contributed by atoms with E-state index in [1.54, 1.807) is 24.4 Å². The third-order valence-corrected chi connectivity index (χ3v) is 5.13. The number of fused-ring (bicyclic) bond motifs is 2. The molecule has 0 saturated carbocycles. The first kappa shape index (κ1) is 18.2. The fourth-order valence-corrected chi connectivity index (χ4v) is 3.76. The summed E-state index contributed by atoms with van der Waals surface area (Å²) < 4.78 is 29.3. The molecular formula is C24H16BF2N3. The molecule has 3 aromatic carbocycles. The summed E-state index contributed by atoms with van der Waals surface area (Å²) in [6.07, 6.45) is 1.65. The normalized spacial score (nSPS) is 11.9. The van der Waals surface area contributed by atoms with Gasteiger partial charge in [0.05, 0.1) is 0 Å². The summed E-state index contributed by atoms with van der Waals surface area (Å²) in [5.41, 5.74) is 2.37. The molecule has 144 valence electrons. The molecule has 0 aliphatic carbocycles. The van der Waals surface area contributed by atoms with Crippen molar-refractivity contribution >= 4 is 34.9 Å². The minimum absolute atomic E-state index is 0.159. The summed E-state index contributed by atoms with van der Waals surface area (Å²) >= 11 is 0. The number of hydrogen-bond acceptors (Lipinski definition) is 2.